The lowest BCUT2D eigenvalue weighted by Crippen LogP contribution is -2.22. The molecule has 1 heterocycles. The first-order valence-corrected chi connectivity index (χ1v) is 13.8. The zero-order valence-electron chi connectivity index (χ0n) is 21.1. The van der Waals surface area contributed by atoms with Gasteiger partial charge in [-0.3, -0.25) is 9.59 Å². The van der Waals surface area contributed by atoms with E-state index in [0.29, 0.717) is 29.9 Å². The van der Waals surface area contributed by atoms with Gasteiger partial charge in [-0.05, 0) is 49.3 Å². The van der Waals surface area contributed by atoms with Crippen LogP contribution in [0.1, 0.15) is 120 Å². The molecule has 1 aromatic carbocycles. The van der Waals surface area contributed by atoms with Gasteiger partial charge in [0, 0.05) is 24.4 Å². The highest BCUT2D eigenvalue weighted by atomic mass is 16.4. The second-order valence-corrected chi connectivity index (χ2v) is 10.8. The van der Waals surface area contributed by atoms with Crippen LogP contribution >= 0.6 is 0 Å². The molecule has 5 heteroatoms. The van der Waals surface area contributed by atoms with Crippen LogP contribution in [0.2, 0.25) is 0 Å². The zero-order valence-corrected chi connectivity index (χ0v) is 21.1. The van der Waals surface area contributed by atoms with Crippen molar-refractivity contribution in [3.8, 4) is 0 Å². The molecular formula is C29H42N2O3. The average molecular weight is 467 g/mol. The Labute approximate surface area is 204 Å². The number of imidazole rings is 1. The third-order valence-electron chi connectivity index (χ3n) is 8.46. The summed E-state index contributed by atoms with van der Waals surface area (Å²) in [4.78, 5) is 30.1. The molecule has 0 bridgehead atoms. The van der Waals surface area contributed by atoms with E-state index in [4.69, 9.17) is 4.98 Å². The van der Waals surface area contributed by atoms with E-state index in [-0.39, 0.29) is 12.2 Å². The van der Waals surface area contributed by atoms with Crippen LogP contribution in [0, 0.1) is 17.8 Å². The highest BCUT2D eigenvalue weighted by Gasteiger charge is 2.27. The molecule has 0 radical (unpaired) electrons. The molecule has 4 rings (SSSR count). The van der Waals surface area contributed by atoms with Crippen LogP contribution in [-0.2, 0) is 11.2 Å². The zero-order chi connectivity index (χ0) is 24.1. The van der Waals surface area contributed by atoms with Gasteiger partial charge in [0.2, 0.25) is 0 Å². The average Bonchev–Trinajstić information content (AvgIpc) is 3.48. The lowest BCUT2D eigenvalue weighted by Gasteiger charge is -2.24. The maximum Gasteiger partial charge on any atom is 0.306 e. The quantitative estimate of drug-likeness (QED) is 0.351. The van der Waals surface area contributed by atoms with Crippen molar-refractivity contribution in [3.63, 3.8) is 0 Å². The fourth-order valence-electron chi connectivity index (χ4n) is 6.44. The third kappa shape index (κ3) is 5.72. The van der Waals surface area contributed by atoms with E-state index in [1.165, 1.54) is 44.9 Å². The molecule has 186 valence electrons. The molecular weight excluding hydrogens is 424 g/mol. The van der Waals surface area contributed by atoms with E-state index in [1.54, 1.807) is 0 Å². The predicted molar refractivity (Wildman–Crippen MR) is 136 cm³/mol. The summed E-state index contributed by atoms with van der Waals surface area (Å²) in [6, 6.07) is 6.26. The lowest BCUT2D eigenvalue weighted by molar-refractivity contribution is -0.142. The minimum absolute atomic E-state index is 0.0699. The molecule has 1 N–H and O–H groups in total. The number of nitrogens with zero attached hydrogens (tertiary/aromatic N) is 2. The van der Waals surface area contributed by atoms with Crippen molar-refractivity contribution in [1.29, 1.82) is 0 Å². The van der Waals surface area contributed by atoms with Crippen molar-refractivity contribution in [2.24, 2.45) is 17.8 Å². The molecule has 5 nitrogen and oxygen atoms in total. The first-order chi connectivity index (χ1) is 16.5. The molecule has 34 heavy (non-hydrogen) atoms. The summed E-state index contributed by atoms with van der Waals surface area (Å²) < 4.78 is 2.42. The number of rotatable bonds is 11. The fraction of sp³-hybridized carbons (Fsp3) is 0.690. The number of ketones is 1. The molecule has 2 aliphatic rings. The van der Waals surface area contributed by atoms with Gasteiger partial charge in [0.15, 0.2) is 5.78 Å². The molecule has 2 fully saturated rings. The van der Waals surface area contributed by atoms with Crippen molar-refractivity contribution < 1.29 is 14.7 Å². The number of benzene rings is 1. The van der Waals surface area contributed by atoms with E-state index < -0.39 is 11.9 Å². The second kappa shape index (κ2) is 11.5. The minimum Gasteiger partial charge on any atom is -0.481 e. The van der Waals surface area contributed by atoms with E-state index in [1.807, 2.05) is 18.2 Å². The normalized spacial score (nSPS) is 18.7. The summed E-state index contributed by atoms with van der Waals surface area (Å²) in [5, 5.41) is 9.79. The number of aliphatic carboxylic acids is 1. The second-order valence-electron chi connectivity index (χ2n) is 10.8. The predicted octanol–water partition coefficient (Wildman–Crippen LogP) is 7.37. The summed E-state index contributed by atoms with van der Waals surface area (Å²) in [5.74, 6) is 0.810. The smallest absolute Gasteiger partial charge is 0.306 e. The first kappa shape index (κ1) is 24.9. The van der Waals surface area contributed by atoms with E-state index in [9.17, 15) is 14.7 Å². The molecule has 2 saturated carbocycles. The Morgan fingerprint density at radius 2 is 1.65 bits per heavy atom. The van der Waals surface area contributed by atoms with Crippen LogP contribution in [0.4, 0.5) is 0 Å². The van der Waals surface area contributed by atoms with E-state index in [2.05, 4.69) is 18.4 Å². The number of carboxylic acid groups (broad SMARTS) is 1. The van der Waals surface area contributed by atoms with Crippen molar-refractivity contribution in [2.75, 3.05) is 0 Å². The van der Waals surface area contributed by atoms with Gasteiger partial charge in [-0.2, -0.15) is 0 Å². The van der Waals surface area contributed by atoms with Crippen molar-refractivity contribution in [1.82, 2.24) is 9.55 Å². The molecule has 2 aromatic rings. The van der Waals surface area contributed by atoms with Gasteiger partial charge in [-0.1, -0.05) is 71.6 Å². The molecule has 0 unspecified atom stereocenters. The van der Waals surface area contributed by atoms with Crippen LogP contribution < -0.4 is 0 Å². The van der Waals surface area contributed by atoms with Crippen LogP contribution in [0.5, 0.6) is 0 Å². The number of carbonyl (C=O) groups is 2. The van der Waals surface area contributed by atoms with Crippen LogP contribution in [0.3, 0.4) is 0 Å². The summed E-state index contributed by atoms with van der Waals surface area (Å²) in [5.41, 5.74) is 2.59. The van der Waals surface area contributed by atoms with Crippen LogP contribution in [0.25, 0.3) is 11.0 Å². The minimum atomic E-state index is -0.836. The Balaban J connectivity index is 1.56. The monoisotopic (exact) mass is 466 g/mol. The molecule has 1 atom stereocenters. The van der Waals surface area contributed by atoms with Gasteiger partial charge in [-0.25, -0.2) is 4.98 Å². The summed E-state index contributed by atoms with van der Waals surface area (Å²) >= 11 is 0. The van der Waals surface area contributed by atoms with Gasteiger partial charge in [0.25, 0.3) is 0 Å². The Morgan fingerprint density at radius 1 is 1.00 bits per heavy atom. The van der Waals surface area contributed by atoms with Crippen molar-refractivity contribution in [3.05, 3.63) is 29.6 Å². The number of aromatic nitrogens is 2. The van der Waals surface area contributed by atoms with Gasteiger partial charge in [0.1, 0.15) is 5.82 Å². The van der Waals surface area contributed by atoms with Gasteiger partial charge >= 0.3 is 5.97 Å². The molecule has 0 spiro atoms. The number of Topliss-reactive ketones (excluding diaryl/α,β-unsaturated/α-hetero) is 1. The summed E-state index contributed by atoms with van der Waals surface area (Å²) in [7, 11) is 0. The highest BCUT2D eigenvalue weighted by Crippen LogP contribution is 2.33. The van der Waals surface area contributed by atoms with E-state index in [0.717, 1.165) is 49.0 Å². The Morgan fingerprint density at radius 3 is 2.29 bits per heavy atom. The SMILES string of the molecule is CCC(CC)n1c(CC2CCCC2)nc2cc(C(=O)C[C@H](CC3CCCCC3)C(=O)O)ccc21. The number of carbonyl (C=O) groups excluding carboxylic acids is 1. The topological polar surface area (TPSA) is 72.2 Å². The standard InChI is InChI=1S/C29H42N2O3/c1-3-24(4-2)31-26-15-14-22(18-25(26)30-28(31)17-21-12-8-9-13-21)27(32)19-23(29(33)34)16-20-10-6-5-7-11-20/h14-15,18,20-21,23-24H,3-13,16-17,19H2,1-2H3,(H,33,34)/t23-/m0/s1. The largest absolute Gasteiger partial charge is 0.481 e. The van der Waals surface area contributed by atoms with E-state index >= 15 is 0 Å². The first-order valence-electron chi connectivity index (χ1n) is 13.8. The van der Waals surface area contributed by atoms with Crippen LogP contribution in [-0.4, -0.2) is 26.4 Å². The number of hydrogen-bond acceptors (Lipinski definition) is 3. The van der Waals surface area contributed by atoms with Gasteiger partial charge < -0.3 is 9.67 Å². The number of carboxylic acids is 1. The molecule has 0 saturated heterocycles. The van der Waals surface area contributed by atoms with Crippen molar-refractivity contribution >= 4 is 22.8 Å². The highest BCUT2D eigenvalue weighted by molar-refractivity contribution is 6.00. The molecule has 0 aliphatic heterocycles. The maximum absolute atomic E-state index is 13.2. The Hall–Kier alpha value is -2.17. The van der Waals surface area contributed by atoms with Gasteiger partial charge in [-0.15, -0.1) is 0 Å². The third-order valence-corrected chi connectivity index (χ3v) is 8.46. The van der Waals surface area contributed by atoms with Crippen LogP contribution in [0.15, 0.2) is 18.2 Å². The molecule has 1 aromatic heterocycles. The summed E-state index contributed by atoms with van der Waals surface area (Å²) in [6.07, 6.45) is 14.9. The number of hydrogen-bond donors (Lipinski definition) is 1. The number of fused-ring (bicyclic) bond motifs is 1. The van der Waals surface area contributed by atoms with Crippen molar-refractivity contribution in [2.45, 2.75) is 110 Å². The Kier molecular flexibility index (Phi) is 8.44. The molecule has 0 amide bonds. The van der Waals surface area contributed by atoms with Gasteiger partial charge in [0.05, 0.1) is 17.0 Å². The fourth-order valence-corrected chi connectivity index (χ4v) is 6.44. The maximum atomic E-state index is 13.2. The summed E-state index contributed by atoms with van der Waals surface area (Å²) in [6.45, 7) is 4.46. The Bertz CT molecular complexity index is 979. The lowest BCUT2D eigenvalue weighted by atomic mass is 9.81. The molecule has 2 aliphatic carbocycles.